The fraction of sp³-hybridized carbons (Fsp3) is 0.167. The zero-order chi connectivity index (χ0) is 12.4. The van der Waals surface area contributed by atoms with Crippen molar-refractivity contribution in [1.82, 2.24) is 0 Å². The van der Waals surface area contributed by atoms with Crippen molar-refractivity contribution in [3.63, 3.8) is 0 Å². The minimum atomic E-state index is -0.239. The molecular weight excluding hydrogens is 346 g/mol. The third-order valence-corrected chi connectivity index (χ3v) is 5.38. The van der Waals surface area contributed by atoms with Gasteiger partial charge in [-0.15, -0.1) is 22.9 Å². The largest absolute Gasteiger partial charge is 0.207 e. The van der Waals surface area contributed by atoms with E-state index in [-0.39, 0.29) is 11.2 Å². The molecule has 0 amide bonds. The average Bonchev–Trinajstić information content (AvgIpc) is 2.59. The molecule has 0 spiro atoms. The molecule has 0 aliphatic rings. The van der Waals surface area contributed by atoms with E-state index in [4.69, 9.17) is 23.2 Å². The Bertz CT molecular complexity index is 507. The number of alkyl halides is 1. The highest BCUT2D eigenvalue weighted by molar-refractivity contribution is 9.10. The molecule has 0 saturated heterocycles. The van der Waals surface area contributed by atoms with Crippen molar-refractivity contribution in [3.05, 3.63) is 55.4 Å². The monoisotopic (exact) mass is 352 g/mol. The Hall–Kier alpha value is -0.0900. The summed E-state index contributed by atoms with van der Waals surface area (Å²) in [6, 6.07) is 8.38. The number of halogens is 4. The van der Waals surface area contributed by atoms with Crippen LogP contribution in [0.15, 0.2) is 34.8 Å². The summed E-state index contributed by atoms with van der Waals surface area (Å²) >= 11 is 17.0. The second-order valence-electron chi connectivity index (χ2n) is 3.57. The first kappa shape index (κ1) is 13.3. The van der Waals surface area contributed by atoms with E-state index in [0.717, 1.165) is 14.9 Å². The van der Waals surface area contributed by atoms with Gasteiger partial charge in [0.25, 0.3) is 0 Å². The Labute approximate surface area is 121 Å². The summed E-state index contributed by atoms with van der Waals surface area (Å²) in [7, 11) is 0. The van der Waals surface area contributed by atoms with Crippen LogP contribution in [0, 0.1) is 5.82 Å². The van der Waals surface area contributed by atoms with Crippen molar-refractivity contribution in [3.8, 4) is 0 Å². The lowest BCUT2D eigenvalue weighted by Crippen LogP contribution is -1.93. The molecule has 5 heteroatoms. The van der Waals surface area contributed by atoms with Crippen LogP contribution in [0.1, 0.15) is 15.8 Å². The molecule has 0 aliphatic carbocycles. The molecule has 1 unspecified atom stereocenters. The van der Waals surface area contributed by atoms with Crippen molar-refractivity contribution in [2.24, 2.45) is 0 Å². The van der Waals surface area contributed by atoms with Gasteiger partial charge in [-0.3, -0.25) is 0 Å². The standard InChI is InChI=1S/C12H8BrCl2FS/c13-9-6-11(17-12(9)15)10(14)5-7-2-1-3-8(16)4-7/h1-4,6,10H,5H2. The van der Waals surface area contributed by atoms with E-state index in [1.807, 2.05) is 12.1 Å². The molecule has 0 N–H and O–H groups in total. The minimum absolute atomic E-state index is 0.189. The Balaban J connectivity index is 2.14. The lowest BCUT2D eigenvalue weighted by atomic mass is 10.1. The van der Waals surface area contributed by atoms with Crippen LogP contribution in [0.2, 0.25) is 4.34 Å². The summed E-state index contributed by atoms with van der Waals surface area (Å²) in [5, 5.41) is -0.189. The maximum Gasteiger partial charge on any atom is 0.123 e. The SMILES string of the molecule is Fc1cccc(CC(Cl)c2cc(Br)c(Cl)s2)c1. The highest BCUT2D eigenvalue weighted by Crippen LogP contribution is 2.38. The van der Waals surface area contributed by atoms with Gasteiger partial charge < -0.3 is 0 Å². The number of thiophene rings is 1. The molecule has 0 nitrogen and oxygen atoms in total. The van der Waals surface area contributed by atoms with Crippen LogP contribution in [-0.2, 0) is 6.42 Å². The maximum atomic E-state index is 13.0. The molecule has 1 heterocycles. The van der Waals surface area contributed by atoms with Crippen LogP contribution < -0.4 is 0 Å². The van der Waals surface area contributed by atoms with Crippen molar-refractivity contribution >= 4 is 50.5 Å². The molecule has 2 aromatic rings. The summed E-state index contributed by atoms with van der Waals surface area (Å²) in [5.41, 5.74) is 0.880. The highest BCUT2D eigenvalue weighted by atomic mass is 79.9. The second-order valence-corrected chi connectivity index (χ2v) is 6.64. The molecule has 2 rings (SSSR count). The van der Waals surface area contributed by atoms with E-state index >= 15 is 0 Å². The van der Waals surface area contributed by atoms with Crippen LogP contribution >= 0.6 is 50.5 Å². The molecule has 0 aliphatic heterocycles. The van der Waals surface area contributed by atoms with E-state index in [2.05, 4.69) is 15.9 Å². The fourth-order valence-corrected chi connectivity index (χ4v) is 3.58. The van der Waals surface area contributed by atoms with Gasteiger partial charge in [0, 0.05) is 9.35 Å². The first-order valence-corrected chi connectivity index (χ1v) is 7.32. The van der Waals surface area contributed by atoms with E-state index in [0.29, 0.717) is 10.8 Å². The van der Waals surface area contributed by atoms with Crippen LogP contribution in [-0.4, -0.2) is 0 Å². The van der Waals surface area contributed by atoms with Gasteiger partial charge in [0.1, 0.15) is 10.2 Å². The fourth-order valence-electron chi connectivity index (χ4n) is 1.49. The first-order chi connectivity index (χ1) is 8.06. The first-order valence-electron chi connectivity index (χ1n) is 4.89. The molecule has 1 aromatic heterocycles. The quantitative estimate of drug-likeness (QED) is 0.609. The van der Waals surface area contributed by atoms with Crippen molar-refractivity contribution in [1.29, 1.82) is 0 Å². The molecule has 0 bridgehead atoms. The molecule has 1 aromatic carbocycles. The average molecular weight is 354 g/mol. The normalized spacial score (nSPS) is 12.7. The molecule has 0 fully saturated rings. The topological polar surface area (TPSA) is 0 Å². The summed E-state index contributed by atoms with van der Waals surface area (Å²) in [5.74, 6) is -0.239. The number of rotatable bonds is 3. The molecule has 0 saturated carbocycles. The van der Waals surface area contributed by atoms with Crippen LogP contribution in [0.3, 0.4) is 0 Å². The van der Waals surface area contributed by atoms with Gasteiger partial charge >= 0.3 is 0 Å². The van der Waals surface area contributed by atoms with Gasteiger partial charge in [0.2, 0.25) is 0 Å². The maximum absolute atomic E-state index is 13.0. The lowest BCUT2D eigenvalue weighted by Gasteiger charge is -2.07. The van der Waals surface area contributed by atoms with Crippen molar-refractivity contribution in [2.45, 2.75) is 11.8 Å². The third kappa shape index (κ3) is 3.44. The molecule has 17 heavy (non-hydrogen) atoms. The second kappa shape index (κ2) is 5.70. The van der Waals surface area contributed by atoms with Gasteiger partial charge in [-0.1, -0.05) is 23.7 Å². The summed E-state index contributed by atoms with van der Waals surface area (Å²) < 4.78 is 14.6. The lowest BCUT2D eigenvalue weighted by molar-refractivity contribution is 0.625. The zero-order valence-corrected chi connectivity index (χ0v) is 12.5. The van der Waals surface area contributed by atoms with Crippen LogP contribution in [0.5, 0.6) is 0 Å². The van der Waals surface area contributed by atoms with E-state index in [9.17, 15) is 4.39 Å². The van der Waals surface area contributed by atoms with Crippen molar-refractivity contribution < 1.29 is 4.39 Å². The van der Waals surface area contributed by atoms with E-state index < -0.39 is 0 Å². The Morgan fingerprint density at radius 3 is 2.71 bits per heavy atom. The predicted molar refractivity (Wildman–Crippen MR) is 75.7 cm³/mol. The van der Waals surface area contributed by atoms with Crippen LogP contribution in [0.25, 0.3) is 0 Å². The summed E-state index contributed by atoms with van der Waals surface area (Å²) in [6.45, 7) is 0. The summed E-state index contributed by atoms with van der Waals surface area (Å²) in [4.78, 5) is 0.979. The third-order valence-electron chi connectivity index (χ3n) is 2.28. The molecule has 0 radical (unpaired) electrons. The summed E-state index contributed by atoms with van der Waals surface area (Å²) in [6.07, 6.45) is 0.586. The van der Waals surface area contributed by atoms with Gasteiger partial charge in [0.15, 0.2) is 0 Å². The van der Waals surface area contributed by atoms with Gasteiger partial charge in [-0.2, -0.15) is 0 Å². The van der Waals surface area contributed by atoms with Gasteiger partial charge in [0.05, 0.1) is 5.38 Å². The van der Waals surface area contributed by atoms with Crippen LogP contribution in [0.4, 0.5) is 4.39 Å². The van der Waals surface area contributed by atoms with Gasteiger partial charge in [-0.05, 0) is 46.1 Å². The predicted octanol–water partition coefficient (Wildman–Crippen LogP) is 5.83. The number of hydrogen-bond acceptors (Lipinski definition) is 1. The number of hydrogen-bond donors (Lipinski definition) is 0. The Kier molecular flexibility index (Phi) is 4.47. The minimum Gasteiger partial charge on any atom is -0.207 e. The van der Waals surface area contributed by atoms with E-state index in [1.54, 1.807) is 6.07 Å². The smallest absolute Gasteiger partial charge is 0.123 e. The Morgan fingerprint density at radius 2 is 2.12 bits per heavy atom. The highest BCUT2D eigenvalue weighted by Gasteiger charge is 2.14. The van der Waals surface area contributed by atoms with E-state index in [1.165, 1.54) is 23.5 Å². The molecule has 1 atom stereocenters. The molecule has 90 valence electrons. The Morgan fingerprint density at radius 1 is 1.35 bits per heavy atom. The van der Waals surface area contributed by atoms with Gasteiger partial charge in [-0.25, -0.2) is 4.39 Å². The molecular formula is C12H8BrCl2FS. The van der Waals surface area contributed by atoms with Crippen molar-refractivity contribution in [2.75, 3.05) is 0 Å². The zero-order valence-electron chi connectivity index (χ0n) is 8.59. The number of benzene rings is 1.